The molecule has 1 fully saturated rings. The van der Waals surface area contributed by atoms with E-state index in [0.29, 0.717) is 6.04 Å². The lowest BCUT2D eigenvalue weighted by molar-refractivity contribution is -0.0282. The van der Waals surface area contributed by atoms with E-state index >= 15 is 0 Å². The van der Waals surface area contributed by atoms with Gasteiger partial charge in [0.2, 0.25) is 0 Å². The lowest BCUT2D eigenvalue weighted by Crippen LogP contribution is -2.38. The molecule has 108 valence electrons. The predicted molar refractivity (Wildman–Crippen MR) is 79.6 cm³/mol. The molecular formula is C14H25N3OS. The molecule has 1 aliphatic rings. The molecule has 1 N–H and O–H groups in total. The van der Waals surface area contributed by atoms with E-state index in [4.69, 9.17) is 9.72 Å². The van der Waals surface area contributed by atoms with Gasteiger partial charge in [-0.15, -0.1) is 11.3 Å². The van der Waals surface area contributed by atoms with Gasteiger partial charge in [0.25, 0.3) is 0 Å². The van der Waals surface area contributed by atoms with Crippen LogP contribution < -0.4 is 5.32 Å². The van der Waals surface area contributed by atoms with Crippen molar-refractivity contribution in [1.29, 1.82) is 0 Å². The van der Waals surface area contributed by atoms with Gasteiger partial charge in [0, 0.05) is 30.6 Å². The number of aryl methyl sites for hydroxylation is 1. The van der Waals surface area contributed by atoms with Crippen LogP contribution in [0.15, 0.2) is 0 Å². The molecule has 0 spiro atoms. The van der Waals surface area contributed by atoms with Crippen LogP contribution in [0.5, 0.6) is 0 Å². The monoisotopic (exact) mass is 283 g/mol. The van der Waals surface area contributed by atoms with Crippen LogP contribution in [0, 0.1) is 6.92 Å². The molecule has 1 unspecified atom stereocenters. The Bertz CT molecular complexity index is 405. The highest BCUT2D eigenvalue weighted by Gasteiger charge is 2.24. The Morgan fingerprint density at radius 1 is 1.53 bits per heavy atom. The summed E-state index contributed by atoms with van der Waals surface area (Å²) in [6.45, 7) is 13.5. The molecule has 2 heterocycles. The Hall–Kier alpha value is -0.490. The molecule has 2 rings (SSSR count). The van der Waals surface area contributed by atoms with Gasteiger partial charge in [-0.25, -0.2) is 4.98 Å². The van der Waals surface area contributed by atoms with E-state index in [1.807, 2.05) is 0 Å². The number of morpholine rings is 1. The molecule has 19 heavy (non-hydrogen) atoms. The summed E-state index contributed by atoms with van der Waals surface area (Å²) in [7, 11) is 0. The Balaban J connectivity index is 2.02. The average Bonchev–Trinajstić information content (AvgIpc) is 2.78. The first-order valence-electron chi connectivity index (χ1n) is 7.13. The summed E-state index contributed by atoms with van der Waals surface area (Å²) in [5, 5.41) is 4.59. The number of nitrogens with one attached hydrogen (secondary N) is 1. The Morgan fingerprint density at radius 3 is 3.00 bits per heavy atom. The highest BCUT2D eigenvalue weighted by Crippen LogP contribution is 2.28. The first kappa shape index (κ1) is 14.9. The normalized spacial score (nSPS) is 21.2. The second-order valence-electron chi connectivity index (χ2n) is 5.35. The SMILES string of the molecule is CCN1CCOC(c2nc(C)c(CNC(C)C)s2)C1. The summed E-state index contributed by atoms with van der Waals surface area (Å²) >= 11 is 1.80. The average molecular weight is 283 g/mol. The molecule has 1 aromatic rings. The van der Waals surface area contributed by atoms with Crippen molar-refractivity contribution in [3.8, 4) is 0 Å². The summed E-state index contributed by atoms with van der Waals surface area (Å²) in [6, 6.07) is 0.506. The van der Waals surface area contributed by atoms with Crippen molar-refractivity contribution in [1.82, 2.24) is 15.2 Å². The zero-order chi connectivity index (χ0) is 13.8. The standard InChI is InChI=1S/C14H25N3OS/c1-5-17-6-7-18-12(9-17)14-16-11(4)13(19-14)8-15-10(2)3/h10,12,15H,5-9H2,1-4H3. The molecule has 0 aliphatic carbocycles. The second-order valence-corrected chi connectivity index (χ2v) is 6.46. The largest absolute Gasteiger partial charge is 0.368 e. The van der Waals surface area contributed by atoms with Crippen LogP contribution in [-0.2, 0) is 11.3 Å². The molecule has 0 amide bonds. The van der Waals surface area contributed by atoms with E-state index in [1.165, 1.54) is 4.88 Å². The maximum absolute atomic E-state index is 5.88. The minimum atomic E-state index is 0.158. The van der Waals surface area contributed by atoms with Crippen molar-refractivity contribution in [3.63, 3.8) is 0 Å². The predicted octanol–water partition coefficient (Wildman–Crippen LogP) is 2.34. The molecule has 0 aromatic carbocycles. The first-order chi connectivity index (χ1) is 9.10. The molecule has 1 atom stereocenters. The number of rotatable bonds is 5. The maximum Gasteiger partial charge on any atom is 0.123 e. The van der Waals surface area contributed by atoms with Crippen LogP contribution >= 0.6 is 11.3 Å². The molecule has 4 nitrogen and oxygen atoms in total. The van der Waals surface area contributed by atoms with Crippen LogP contribution in [0.1, 0.15) is 42.5 Å². The van der Waals surface area contributed by atoms with E-state index < -0.39 is 0 Å². The summed E-state index contributed by atoms with van der Waals surface area (Å²) < 4.78 is 5.88. The van der Waals surface area contributed by atoms with Gasteiger partial charge >= 0.3 is 0 Å². The lowest BCUT2D eigenvalue weighted by atomic mass is 10.3. The fourth-order valence-corrected chi connectivity index (χ4v) is 3.25. The lowest BCUT2D eigenvalue weighted by Gasteiger charge is -2.30. The van der Waals surface area contributed by atoms with E-state index in [9.17, 15) is 0 Å². The summed E-state index contributed by atoms with van der Waals surface area (Å²) in [5.41, 5.74) is 1.14. The summed E-state index contributed by atoms with van der Waals surface area (Å²) in [4.78, 5) is 8.47. The van der Waals surface area contributed by atoms with Crippen LogP contribution in [0.25, 0.3) is 0 Å². The highest BCUT2D eigenvalue weighted by atomic mass is 32.1. The summed E-state index contributed by atoms with van der Waals surface area (Å²) in [5.74, 6) is 0. The number of aromatic nitrogens is 1. The molecule has 1 saturated heterocycles. The number of thiazole rings is 1. The molecule has 0 radical (unpaired) electrons. The van der Waals surface area contributed by atoms with Gasteiger partial charge in [-0.1, -0.05) is 20.8 Å². The zero-order valence-electron chi connectivity index (χ0n) is 12.4. The van der Waals surface area contributed by atoms with Gasteiger partial charge in [0.15, 0.2) is 0 Å². The third-order valence-electron chi connectivity index (χ3n) is 3.45. The molecule has 1 aliphatic heterocycles. The molecule has 1 aromatic heterocycles. The highest BCUT2D eigenvalue weighted by molar-refractivity contribution is 7.11. The van der Waals surface area contributed by atoms with E-state index in [-0.39, 0.29) is 6.10 Å². The number of ether oxygens (including phenoxy) is 1. The fraction of sp³-hybridized carbons (Fsp3) is 0.786. The van der Waals surface area contributed by atoms with Gasteiger partial charge < -0.3 is 10.1 Å². The van der Waals surface area contributed by atoms with Crippen molar-refractivity contribution < 1.29 is 4.74 Å². The second kappa shape index (κ2) is 6.79. The van der Waals surface area contributed by atoms with Crippen molar-refractivity contribution in [3.05, 3.63) is 15.6 Å². The smallest absolute Gasteiger partial charge is 0.123 e. The van der Waals surface area contributed by atoms with Crippen molar-refractivity contribution in [2.75, 3.05) is 26.2 Å². The van der Waals surface area contributed by atoms with Crippen LogP contribution in [-0.4, -0.2) is 42.2 Å². The minimum Gasteiger partial charge on any atom is -0.368 e. The van der Waals surface area contributed by atoms with Gasteiger partial charge in [-0.3, -0.25) is 4.90 Å². The van der Waals surface area contributed by atoms with Gasteiger partial charge in [-0.2, -0.15) is 0 Å². The third-order valence-corrected chi connectivity index (χ3v) is 4.70. The van der Waals surface area contributed by atoms with Crippen molar-refractivity contribution in [2.45, 2.75) is 46.4 Å². The minimum absolute atomic E-state index is 0.158. The number of nitrogens with zero attached hydrogens (tertiary/aromatic N) is 2. The van der Waals surface area contributed by atoms with E-state index in [2.05, 4.69) is 37.9 Å². The Morgan fingerprint density at radius 2 is 2.32 bits per heavy atom. The molecule has 5 heteroatoms. The quantitative estimate of drug-likeness (QED) is 0.900. The molecular weight excluding hydrogens is 258 g/mol. The van der Waals surface area contributed by atoms with E-state index in [0.717, 1.165) is 43.5 Å². The number of hydrogen-bond donors (Lipinski definition) is 1. The van der Waals surface area contributed by atoms with Gasteiger partial charge in [0.1, 0.15) is 11.1 Å². The Kier molecular flexibility index (Phi) is 5.33. The third kappa shape index (κ3) is 3.99. The number of likely N-dealkylation sites (N-methyl/N-ethyl adjacent to an activating group) is 1. The maximum atomic E-state index is 5.88. The Labute approximate surface area is 120 Å². The van der Waals surface area contributed by atoms with Crippen molar-refractivity contribution in [2.24, 2.45) is 0 Å². The zero-order valence-corrected chi connectivity index (χ0v) is 13.2. The molecule has 0 bridgehead atoms. The fourth-order valence-electron chi connectivity index (χ4n) is 2.19. The van der Waals surface area contributed by atoms with Gasteiger partial charge in [0.05, 0.1) is 12.3 Å². The number of hydrogen-bond acceptors (Lipinski definition) is 5. The summed E-state index contributed by atoms with van der Waals surface area (Å²) in [6.07, 6.45) is 0.158. The van der Waals surface area contributed by atoms with Crippen LogP contribution in [0.4, 0.5) is 0 Å². The molecule has 0 saturated carbocycles. The van der Waals surface area contributed by atoms with E-state index in [1.54, 1.807) is 11.3 Å². The van der Waals surface area contributed by atoms with Gasteiger partial charge in [-0.05, 0) is 13.5 Å². The van der Waals surface area contributed by atoms with Crippen LogP contribution in [0.2, 0.25) is 0 Å². The topological polar surface area (TPSA) is 37.4 Å². The first-order valence-corrected chi connectivity index (χ1v) is 7.95. The van der Waals surface area contributed by atoms with Crippen LogP contribution in [0.3, 0.4) is 0 Å². The van der Waals surface area contributed by atoms with Crippen molar-refractivity contribution >= 4 is 11.3 Å².